The number of nitrogens with one attached hydrogen (secondary N) is 1. The van der Waals surface area contributed by atoms with Crippen molar-refractivity contribution < 1.29 is 5.11 Å². The lowest BCUT2D eigenvalue weighted by atomic mass is 9.93. The summed E-state index contributed by atoms with van der Waals surface area (Å²) in [6.45, 7) is 0.646. The molecule has 3 heteroatoms. The summed E-state index contributed by atoms with van der Waals surface area (Å²) in [6.07, 6.45) is 3.41. The number of aliphatic hydroxyl groups is 1. The number of benzene rings is 1. The molecule has 0 amide bonds. The molecule has 1 aliphatic carbocycles. The van der Waals surface area contributed by atoms with Crippen LogP contribution >= 0.6 is 15.9 Å². The fourth-order valence-corrected chi connectivity index (χ4v) is 2.29. The van der Waals surface area contributed by atoms with Gasteiger partial charge in [-0.25, -0.2) is 0 Å². The Morgan fingerprint density at radius 1 is 1.40 bits per heavy atom. The molecular weight excluding hydrogens is 254 g/mol. The average Bonchev–Trinajstić information content (AvgIpc) is 2.16. The third-order valence-corrected chi connectivity index (χ3v) is 3.69. The molecule has 0 heterocycles. The average molecular weight is 270 g/mol. The van der Waals surface area contributed by atoms with E-state index in [4.69, 9.17) is 0 Å². The van der Waals surface area contributed by atoms with Gasteiger partial charge in [0.15, 0.2) is 0 Å². The molecule has 0 saturated heterocycles. The van der Waals surface area contributed by atoms with Crippen LogP contribution in [-0.2, 0) is 0 Å². The second-order valence-corrected chi connectivity index (χ2v) is 4.93. The van der Waals surface area contributed by atoms with Crippen LogP contribution in [0.1, 0.15) is 30.9 Å². The normalized spacial score (nSPS) is 18.5. The summed E-state index contributed by atoms with van der Waals surface area (Å²) < 4.78 is 0.980. The maximum Gasteiger partial charge on any atom is 0.0925 e. The zero-order valence-corrected chi connectivity index (χ0v) is 10.2. The van der Waals surface area contributed by atoms with E-state index in [1.165, 1.54) is 19.3 Å². The van der Waals surface area contributed by atoms with Crippen LogP contribution in [0.2, 0.25) is 0 Å². The molecule has 2 rings (SSSR count). The Morgan fingerprint density at radius 3 is 2.73 bits per heavy atom. The first-order valence-electron chi connectivity index (χ1n) is 5.43. The van der Waals surface area contributed by atoms with Gasteiger partial charge in [0, 0.05) is 17.1 Å². The van der Waals surface area contributed by atoms with Gasteiger partial charge >= 0.3 is 0 Å². The first-order chi connectivity index (χ1) is 7.27. The minimum atomic E-state index is -0.416. The minimum Gasteiger partial charge on any atom is -0.387 e. The fraction of sp³-hybridized carbons (Fsp3) is 0.500. The third kappa shape index (κ3) is 2.80. The highest BCUT2D eigenvalue weighted by Gasteiger charge is 2.18. The van der Waals surface area contributed by atoms with Gasteiger partial charge in [-0.1, -0.05) is 40.5 Å². The van der Waals surface area contributed by atoms with E-state index in [-0.39, 0.29) is 0 Å². The number of aliphatic hydroxyl groups excluding tert-OH is 1. The van der Waals surface area contributed by atoms with Crippen LogP contribution in [0.4, 0.5) is 0 Å². The molecule has 0 radical (unpaired) electrons. The van der Waals surface area contributed by atoms with E-state index in [1.807, 2.05) is 24.3 Å². The van der Waals surface area contributed by atoms with Crippen LogP contribution < -0.4 is 5.32 Å². The molecular formula is C12H16BrNO. The Hall–Kier alpha value is -0.380. The van der Waals surface area contributed by atoms with Gasteiger partial charge in [0.25, 0.3) is 0 Å². The Labute approximate surface area is 98.8 Å². The minimum absolute atomic E-state index is 0.416. The molecule has 1 aliphatic rings. The molecule has 1 saturated carbocycles. The second-order valence-electron chi connectivity index (χ2n) is 4.07. The number of hydrogen-bond donors (Lipinski definition) is 2. The van der Waals surface area contributed by atoms with Gasteiger partial charge in [0.2, 0.25) is 0 Å². The Balaban J connectivity index is 1.89. The van der Waals surface area contributed by atoms with Crippen molar-refractivity contribution in [2.45, 2.75) is 31.4 Å². The molecule has 1 aromatic carbocycles. The molecule has 2 N–H and O–H groups in total. The van der Waals surface area contributed by atoms with Gasteiger partial charge in [-0.15, -0.1) is 0 Å². The van der Waals surface area contributed by atoms with Crippen molar-refractivity contribution in [1.82, 2.24) is 5.32 Å². The SMILES string of the molecule is OC(CNC1CCC1)c1ccccc1Br. The monoisotopic (exact) mass is 269 g/mol. The standard InChI is InChI=1S/C12H16BrNO/c13-11-7-2-1-6-10(11)12(15)8-14-9-4-3-5-9/h1-2,6-7,9,12,14-15H,3-5,8H2. The molecule has 1 fully saturated rings. The van der Waals surface area contributed by atoms with Crippen molar-refractivity contribution in [2.24, 2.45) is 0 Å². The topological polar surface area (TPSA) is 32.3 Å². The van der Waals surface area contributed by atoms with Gasteiger partial charge in [-0.3, -0.25) is 0 Å². The van der Waals surface area contributed by atoms with Crippen molar-refractivity contribution in [1.29, 1.82) is 0 Å². The van der Waals surface area contributed by atoms with Crippen LogP contribution in [0, 0.1) is 0 Å². The summed E-state index contributed by atoms with van der Waals surface area (Å²) >= 11 is 3.45. The molecule has 2 nitrogen and oxygen atoms in total. The Morgan fingerprint density at radius 2 is 2.13 bits per heavy atom. The van der Waals surface area contributed by atoms with Crippen molar-refractivity contribution in [3.63, 3.8) is 0 Å². The fourth-order valence-electron chi connectivity index (χ4n) is 1.75. The van der Waals surface area contributed by atoms with E-state index >= 15 is 0 Å². The lowest BCUT2D eigenvalue weighted by molar-refractivity contribution is 0.160. The smallest absolute Gasteiger partial charge is 0.0925 e. The summed E-state index contributed by atoms with van der Waals surface area (Å²) in [5.41, 5.74) is 0.962. The van der Waals surface area contributed by atoms with Gasteiger partial charge in [0.1, 0.15) is 0 Å². The highest BCUT2D eigenvalue weighted by atomic mass is 79.9. The van der Waals surface area contributed by atoms with E-state index in [1.54, 1.807) is 0 Å². The van der Waals surface area contributed by atoms with Gasteiger partial charge in [-0.05, 0) is 24.5 Å². The first kappa shape index (κ1) is 11.1. The molecule has 0 bridgehead atoms. The van der Waals surface area contributed by atoms with E-state index in [0.717, 1.165) is 10.0 Å². The third-order valence-electron chi connectivity index (χ3n) is 2.97. The summed E-state index contributed by atoms with van der Waals surface area (Å²) in [7, 11) is 0. The predicted molar refractivity (Wildman–Crippen MR) is 64.7 cm³/mol. The molecule has 0 aliphatic heterocycles. The second kappa shape index (κ2) is 5.10. The molecule has 1 unspecified atom stereocenters. The van der Waals surface area contributed by atoms with Crippen LogP contribution in [-0.4, -0.2) is 17.7 Å². The zero-order valence-electron chi connectivity index (χ0n) is 8.62. The lowest BCUT2D eigenvalue weighted by Crippen LogP contribution is -2.37. The number of hydrogen-bond acceptors (Lipinski definition) is 2. The van der Waals surface area contributed by atoms with E-state index in [9.17, 15) is 5.11 Å². The Bertz CT molecular complexity index is 325. The molecule has 15 heavy (non-hydrogen) atoms. The predicted octanol–water partition coefficient (Wildman–Crippen LogP) is 2.62. The maximum atomic E-state index is 9.98. The van der Waals surface area contributed by atoms with Gasteiger partial charge in [-0.2, -0.15) is 0 Å². The maximum absolute atomic E-state index is 9.98. The van der Waals surface area contributed by atoms with Crippen molar-refractivity contribution in [3.8, 4) is 0 Å². The summed E-state index contributed by atoms with van der Waals surface area (Å²) in [4.78, 5) is 0. The van der Waals surface area contributed by atoms with E-state index < -0.39 is 6.10 Å². The summed E-state index contributed by atoms with van der Waals surface area (Å²) in [5, 5.41) is 13.4. The molecule has 82 valence electrons. The number of rotatable bonds is 4. The first-order valence-corrected chi connectivity index (χ1v) is 6.22. The van der Waals surface area contributed by atoms with Gasteiger partial charge in [0.05, 0.1) is 6.10 Å². The zero-order chi connectivity index (χ0) is 10.7. The summed E-state index contributed by atoms with van der Waals surface area (Å²) in [5.74, 6) is 0. The van der Waals surface area contributed by atoms with Crippen LogP contribution in [0.15, 0.2) is 28.7 Å². The van der Waals surface area contributed by atoms with Crippen LogP contribution in [0.25, 0.3) is 0 Å². The van der Waals surface area contributed by atoms with Crippen molar-refractivity contribution in [2.75, 3.05) is 6.54 Å². The molecule has 0 spiro atoms. The van der Waals surface area contributed by atoms with Crippen LogP contribution in [0.3, 0.4) is 0 Å². The summed E-state index contributed by atoms with van der Waals surface area (Å²) in [6, 6.07) is 8.45. The highest BCUT2D eigenvalue weighted by Crippen LogP contribution is 2.24. The number of halogens is 1. The molecule has 0 aromatic heterocycles. The lowest BCUT2D eigenvalue weighted by Gasteiger charge is -2.27. The quantitative estimate of drug-likeness (QED) is 0.881. The van der Waals surface area contributed by atoms with E-state index in [2.05, 4.69) is 21.2 Å². The van der Waals surface area contributed by atoms with Crippen molar-refractivity contribution in [3.05, 3.63) is 34.3 Å². The van der Waals surface area contributed by atoms with Crippen molar-refractivity contribution >= 4 is 15.9 Å². The Kier molecular flexibility index (Phi) is 3.78. The molecule has 1 aromatic rings. The molecule has 1 atom stereocenters. The largest absolute Gasteiger partial charge is 0.387 e. The van der Waals surface area contributed by atoms with E-state index in [0.29, 0.717) is 12.6 Å². The van der Waals surface area contributed by atoms with Gasteiger partial charge < -0.3 is 10.4 Å². The van der Waals surface area contributed by atoms with Crippen LogP contribution in [0.5, 0.6) is 0 Å². The highest BCUT2D eigenvalue weighted by molar-refractivity contribution is 9.10.